The average molecular weight is 1110 g/mol. The molecule has 0 radical (unpaired) electrons. The van der Waals surface area contributed by atoms with Crippen LogP contribution in [-0.4, -0.2) is 90.1 Å². The number of nitriles is 1. The van der Waals surface area contributed by atoms with Crippen molar-refractivity contribution < 1.29 is 37.4 Å². The number of rotatable bonds is 21. The predicted octanol–water partition coefficient (Wildman–Crippen LogP) is 11.4. The largest absolute Gasteiger partial charge is 0.496 e. The molecule has 8 rings (SSSR count). The van der Waals surface area contributed by atoms with Crippen molar-refractivity contribution in [2.45, 2.75) is 110 Å². The van der Waals surface area contributed by atoms with Gasteiger partial charge >= 0.3 is 0 Å². The van der Waals surface area contributed by atoms with Crippen molar-refractivity contribution in [2.75, 3.05) is 40.1 Å². The third-order valence-corrected chi connectivity index (χ3v) is 16.1. The Balaban J connectivity index is 0.829. The highest BCUT2D eigenvalue weighted by atomic mass is 35.5. The molecule has 0 unspecified atom stereocenters. The van der Waals surface area contributed by atoms with E-state index in [0.29, 0.717) is 58.6 Å². The Morgan fingerprint density at radius 3 is 2.38 bits per heavy atom. The first-order chi connectivity index (χ1) is 36.8. The second-order valence-electron chi connectivity index (χ2n) is 20.9. The van der Waals surface area contributed by atoms with Gasteiger partial charge in [-0.1, -0.05) is 92.5 Å². The van der Waals surface area contributed by atoms with E-state index >= 15 is 8.78 Å². The Kier molecular flexibility index (Phi) is 17.9. The summed E-state index contributed by atoms with van der Waals surface area (Å²) in [4.78, 5) is 47.8. The molecule has 4 heterocycles. The summed E-state index contributed by atoms with van der Waals surface area (Å²) in [6, 6.07) is 21.4. The molecule has 6 aromatic rings. The molecule has 1 amide bonds. The van der Waals surface area contributed by atoms with Crippen molar-refractivity contribution in [1.29, 1.82) is 5.26 Å². The summed E-state index contributed by atoms with van der Waals surface area (Å²) in [6.07, 6.45) is 0.834. The molecule has 0 spiro atoms. The van der Waals surface area contributed by atoms with E-state index in [-0.39, 0.29) is 84.7 Å². The number of thiophene rings is 1. The Bertz CT molecular complexity index is 3260. The molecule has 13 nitrogen and oxygen atoms in total. The highest BCUT2D eigenvalue weighted by molar-refractivity contribution is 7.15. The van der Waals surface area contributed by atoms with Gasteiger partial charge in [0.2, 0.25) is 5.91 Å². The highest BCUT2D eigenvalue weighted by Crippen LogP contribution is 2.53. The zero-order chi connectivity index (χ0) is 55.3. The lowest BCUT2D eigenvalue weighted by atomic mass is 9.62. The minimum atomic E-state index is -1.72. The Morgan fingerprint density at radius 1 is 0.935 bits per heavy atom. The lowest BCUT2D eigenvalue weighted by Gasteiger charge is -2.37. The molecule has 18 heteroatoms. The Morgan fingerprint density at radius 2 is 1.68 bits per heavy atom. The molecule has 2 N–H and O–H groups in total. The van der Waals surface area contributed by atoms with Gasteiger partial charge in [-0.05, 0) is 93.0 Å². The molecule has 77 heavy (non-hydrogen) atoms. The van der Waals surface area contributed by atoms with E-state index in [1.54, 1.807) is 54.7 Å². The van der Waals surface area contributed by atoms with Crippen LogP contribution in [0.25, 0.3) is 5.00 Å². The van der Waals surface area contributed by atoms with Crippen LogP contribution < -0.4 is 15.4 Å². The van der Waals surface area contributed by atoms with E-state index in [2.05, 4.69) is 40.7 Å². The number of hydrogen-bond donors (Lipinski definition) is 2. The number of hydrogen-bond acceptors (Lipinski definition) is 12. The van der Waals surface area contributed by atoms with Crippen LogP contribution >= 0.6 is 34.5 Å². The first-order valence-corrected chi connectivity index (χ1v) is 27.2. The molecule has 0 aliphatic carbocycles. The number of amides is 1. The topological polar surface area (TPSA) is 170 Å². The number of Topliss-reactive ketones (excluding diaryl/α,β-unsaturated/α-hetero) is 2. The quantitative estimate of drug-likeness (QED) is 0.0522. The summed E-state index contributed by atoms with van der Waals surface area (Å²) in [5, 5.41) is 27.8. The van der Waals surface area contributed by atoms with Gasteiger partial charge in [-0.2, -0.15) is 5.26 Å². The fourth-order valence-corrected chi connectivity index (χ4v) is 12.1. The van der Waals surface area contributed by atoms with Gasteiger partial charge in [0.25, 0.3) is 0 Å². The predicted molar refractivity (Wildman–Crippen MR) is 295 cm³/mol. The van der Waals surface area contributed by atoms with Crippen LogP contribution in [-0.2, 0) is 30.9 Å². The van der Waals surface area contributed by atoms with Gasteiger partial charge in [-0.3, -0.25) is 23.9 Å². The van der Waals surface area contributed by atoms with Crippen LogP contribution in [0.2, 0.25) is 10.0 Å². The van der Waals surface area contributed by atoms with E-state index in [9.17, 15) is 19.6 Å². The van der Waals surface area contributed by atoms with E-state index in [1.165, 1.54) is 25.3 Å². The van der Waals surface area contributed by atoms with Gasteiger partial charge in [0.05, 0.1) is 56.2 Å². The number of nitrogens with zero attached hydrogens (tertiary/aromatic N) is 5. The number of halogens is 4. The van der Waals surface area contributed by atoms with Crippen LogP contribution in [0.3, 0.4) is 0 Å². The third-order valence-electron chi connectivity index (χ3n) is 14.3. The minimum absolute atomic E-state index is 0.0282. The van der Waals surface area contributed by atoms with Crippen molar-refractivity contribution in [3.05, 3.63) is 162 Å². The third kappa shape index (κ3) is 12.3. The van der Waals surface area contributed by atoms with Gasteiger partial charge < -0.3 is 24.8 Å². The standard InChI is InChI=1S/C59H63Cl2F2N7O6S/c1-33-14-21-42(44(62)27-33)59(32-64)49(31-58(5,6)7)67-55(52(59)41-11-9-12-43(61)53(41)63)47(72)28-39-16-15-38(29-48(39)74-8)46(71)13-10-23-75-25-26-76-24-22-65-50(73)30-45-56-69-68-36(4)70(56)57-51(34(2)35(3)77-57)54(66-45)37-17-19-40(60)20-18-37/h9,11-12,14-21,27,29,45,49,52,55,67H,10,13,22-26,28,30-31H2,1-8H3,(H,65,73)/t45-,49-,52-,55-,59-/m0/s1. The number of carbonyl (C=O) groups is 3. The van der Waals surface area contributed by atoms with Crippen molar-refractivity contribution in [1.82, 2.24) is 25.4 Å². The summed E-state index contributed by atoms with van der Waals surface area (Å²) in [5.74, 6) is -1.71. The lowest BCUT2D eigenvalue weighted by Crippen LogP contribution is -2.44. The highest BCUT2D eigenvalue weighted by Gasteiger charge is 2.61. The number of carbonyl (C=O) groups excluding carboxylic acids is 3. The maximum Gasteiger partial charge on any atom is 0.222 e. The van der Waals surface area contributed by atoms with Gasteiger partial charge in [-0.15, -0.1) is 21.5 Å². The van der Waals surface area contributed by atoms with Crippen LogP contribution in [0.4, 0.5) is 8.78 Å². The van der Waals surface area contributed by atoms with Crippen LogP contribution in [0.1, 0.15) is 124 Å². The second kappa shape index (κ2) is 24.2. The van der Waals surface area contributed by atoms with Crippen molar-refractivity contribution in [2.24, 2.45) is 10.4 Å². The molecule has 404 valence electrons. The van der Waals surface area contributed by atoms with Crippen LogP contribution in [0.15, 0.2) is 83.9 Å². The molecule has 1 saturated heterocycles. The van der Waals surface area contributed by atoms with Crippen molar-refractivity contribution in [3.8, 4) is 16.8 Å². The fraction of sp³-hybridized carbons (Fsp3) is 0.407. The molecular formula is C59H63Cl2F2N7O6S. The van der Waals surface area contributed by atoms with Gasteiger partial charge in [0.15, 0.2) is 17.4 Å². The van der Waals surface area contributed by atoms with Crippen molar-refractivity contribution >= 4 is 57.7 Å². The Labute approximate surface area is 462 Å². The number of benzene rings is 4. The average Bonchev–Trinajstić information content (AvgIpc) is 4.01. The van der Waals surface area contributed by atoms with E-state index in [4.69, 9.17) is 42.4 Å². The molecule has 0 saturated carbocycles. The SMILES string of the molecule is COc1cc(C(=O)CCCOCCOCCNC(=O)C[C@@H]2N=C(c3ccc(Cl)cc3)c3c(sc(C)c3C)-n3c(C)nnc32)ccc1CC(=O)[C@@H]1N[C@@H](CC(C)(C)C)[C@](C#N)(c2ccc(C)cc2F)[C@H]1c1cccc(Cl)c1F. The first kappa shape index (κ1) is 57.0. The summed E-state index contributed by atoms with van der Waals surface area (Å²) in [6.45, 7) is 15.2. The summed E-state index contributed by atoms with van der Waals surface area (Å²) in [7, 11) is 1.45. The summed E-state index contributed by atoms with van der Waals surface area (Å²) in [5.41, 5.74) is 3.26. The lowest BCUT2D eigenvalue weighted by molar-refractivity contribution is -0.122. The number of aromatic nitrogens is 3. The molecule has 2 aliphatic heterocycles. The molecule has 2 aliphatic rings. The van der Waals surface area contributed by atoms with Crippen molar-refractivity contribution in [3.63, 3.8) is 0 Å². The molecule has 0 bridgehead atoms. The monoisotopic (exact) mass is 1110 g/mol. The zero-order valence-electron chi connectivity index (χ0n) is 44.5. The number of methoxy groups -OCH3 is 1. The number of fused-ring (bicyclic) bond motifs is 3. The van der Waals surface area contributed by atoms with Gasteiger partial charge in [0.1, 0.15) is 39.7 Å². The summed E-state index contributed by atoms with van der Waals surface area (Å²) >= 11 is 14.2. The van der Waals surface area contributed by atoms with E-state index in [1.807, 2.05) is 56.5 Å². The maximum atomic E-state index is 16.2. The number of ketones is 2. The fourth-order valence-electron chi connectivity index (χ4n) is 10.5. The smallest absolute Gasteiger partial charge is 0.222 e. The number of aliphatic imine (C=N–C) groups is 1. The normalized spacial score (nSPS) is 19.0. The van der Waals surface area contributed by atoms with Gasteiger partial charge in [0, 0.05) is 75.7 Å². The van der Waals surface area contributed by atoms with Gasteiger partial charge in [-0.25, -0.2) is 8.78 Å². The Hall–Kier alpha value is -6.19. The number of ether oxygens (including phenoxy) is 3. The zero-order valence-corrected chi connectivity index (χ0v) is 46.8. The molecule has 4 aromatic carbocycles. The number of aryl methyl sites for hydroxylation is 3. The second-order valence-corrected chi connectivity index (χ2v) is 23.0. The number of nitrogens with one attached hydrogen (secondary N) is 2. The minimum Gasteiger partial charge on any atom is -0.496 e. The van der Waals surface area contributed by atoms with Crippen LogP contribution in [0.5, 0.6) is 5.75 Å². The first-order valence-electron chi connectivity index (χ1n) is 25.7. The van der Waals surface area contributed by atoms with E-state index < -0.39 is 41.1 Å². The molecular weight excluding hydrogens is 1040 g/mol. The summed E-state index contributed by atoms with van der Waals surface area (Å²) < 4.78 is 51.6. The van der Waals surface area contributed by atoms with Crippen LogP contribution in [0, 0.1) is 56.1 Å². The molecule has 2 aromatic heterocycles. The maximum absolute atomic E-state index is 16.2. The van der Waals surface area contributed by atoms with E-state index in [0.717, 1.165) is 32.3 Å². The molecule has 5 atom stereocenters. The molecule has 1 fully saturated rings.